The van der Waals surface area contributed by atoms with Gasteiger partial charge in [-0.15, -0.1) is 0 Å². The molecule has 2 heterocycles. The molecule has 19 heavy (non-hydrogen) atoms. The summed E-state index contributed by atoms with van der Waals surface area (Å²) < 4.78 is 5.83. The maximum absolute atomic E-state index is 12.0. The van der Waals surface area contributed by atoms with Gasteiger partial charge >= 0.3 is 5.97 Å². The third-order valence-electron chi connectivity index (χ3n) is 2.66. The van der Waals surface area contributed by atoms with Crippen molar-refractivity contribution in [3.8, 4) is 0 Å². The van der Waals surface area contributed by atoms with E-state index < -0.39 is 5.97 Å². The van der Waals surface area contributed by atoms with Crippen molar-refractivity contribution in [1.29, 1.82) is 0 Å². The molecule has 0 amide bonds. The summed E-state index contributed by atoms with van der Waals surface area (Å²) in [7, 11) is 0. The number of hydrogen-bond acceptors (Lipinski definition) is 4. The summed E-state index contributed by atoms with van der Waals surface area (Å²) in [5, 5.41) is 0.785. The van der Waals surface area contributed by atoms with E-state index in [0.717, 1.165) is 26.5 Å². The lowest BCUT2D eigenvalue weighted by molar-refractivity contribution is 0.0526. The van der Waals surface area contributed by atoms with Gasteiger partial charge in [-0.05, 0) is 35.4 Å². The minimum Gasteiger partial charge on any atom is -0.462 e. The lowest BCUT2D eigenvalue weighted by Gasteiger charge is -2.11. The van der Waals surface area contributed by atoms with E-state index in [1.54, 1.807) is 19.3 Å². The van der Waals surface area contributed by atoms with Crippen molar-refractivity contribution in [2.75, 3.05) is 6.61 Å². The number of hydrogen-bond donors (Lipinski definition) is 0. The van der Waals surface area contributed by atoms with Crippen LogP contribution in [0.25, 0.3) is 16.5 Å². The fourth-order valence-electron chi connectivity index (χ4n) is 1.90. The van der Waals surface area contributed by atoms with Crippen molar-refractivity contribution in [3.05, 3.63) is 40.8 Å². The number of carbonyl (C=O) groups is 1. The molecule has 0 saturated heterocycles. The highest BCUT2D eigenvalue weighted by Crippen LogP contribution is 2.29. The Morgan fingerprint density at radius 3 is 2.79 bits per heavy atom. The molecule has 0 aliphatic heterocycles. The summed E-state index contributed by atoms with van der Waals surface area (Å²) in [6, 6.07) is 0. The normalized spacial score (nSPS) is 10.5. The Morgan fingerprint density at radius 1 is 1.42 bits per heavy atom. The van der Waals surface area contributed by atoms with Gasteiger partial charge in [0.25, 0.3) is 0 Å². The van der Waals surface area contributed by atoms with Gasteiger partial charge in [-0.3, -0.25) is 9.97 Å². The van der Waals surface area contributed by atoms with E-state index >= 15 is 0 Å². The van der Waals surface area contributed by atoms with Gasteiger partial charge in [-0.1, -0.05) is 6.58 Å². The highest BCUT2D eigenvalue weighted by molar-refractivity contribution is 9.10. The van der Waals surface area contributed by atoms with Gasteiger partial charge in [-0.25, -0.2) is 4.79 Å². The monoisotopic (exact) mass is 320 g/mol. The number of nitrogens with zero attached hydrogens (tertiary/aromatic N) is 2. The van der Waals surface area contributed by atoms with Gasteiger partial charge < -0.3 is 4.74 Å². The SMILES string of the molecule is C=C(C)c1c(C(=O)OCC)cnc2c(Br)cncc12. The summed E-state index contributed by atoms with van der Waals surface area (Å²) >= 11 is 3.40. The second-order valence-electron chi connectivity index (χ2n) is 4.07. The zero-order valence-electron chi connectivity index (χ0n) is 10.7. The van der Waals surface area contributed by atoms with Gasteiger partial charge in [0.15, 0.2) is 0 Å². The number of allylic oxidation sites excluding steroid dienone is 1. The molecule has 2 rings (SSSR count). The van der Waals surface area contributed by atoms with Crippen LogP contribution in [-0.2, 0) is 4.74 Å². The minimum atomic E-state index is -0.394. The van der Waals surface area contributed by atoms with Gasteiger partial charge in [0.05, 0.1) is 22.2 Å². The van der Waals surface area contributed by atoms with Crippen LogP contribution < -0.4 is 0 Å². The maximum Gasteiger partial charge on any atom is 0.340 e. The molecule has 0 aliphatic carbocycles. The van der Waals surface area contributed by atoms with Crippen LogP contribution >= 0.6 is 15.9 Å². The molecule has 0 atom stereocenters. The number of esters is 1. The molecular weight excluding hydrogens is 308 g/mol. The van der Waals surface area contributed by atoms with Crippen molar-refractivity contribution in [2.45, 2.75) is 13.8 Å². The molecule has 0 unspecified atom stereocenters. The van der Waals surface area contributed by atoms with Crippen LogP contribution in [0.3, 0.4) is 0 Å². The Morgan fingerprint density at radius 2 is 2.16 bits per heavy atom. The lowest BCUT2D eigenvalue weighted by atomic mass is 9.99. The van der Waals surface area contributed by atoms with Crippen LogP contribution in [0.2, 0.25) is 0 Å². The van der Waals surface area contributed by atoms with Crippen LogP contribution in [0.5, 0.6) is 0 Å². The van der Waals surface area contributed by atoms with Crippen molar-refractivity contribution in [3.63, 3.8) is 0 Å². The van der Waals surface area contributed by atoms with Crippen LogP contribution in [0.1, 0.15) is 29.8 Å². The predicted octanol–water partition coefficient (Wildman–Crippen LogP) is 3.60. The molecular formula is C14H13BrN2O2. The first-order valence-corrected chi connectivity index (χ1v) is 6.60. The summed E-state index contributed by atoms with van der Waals surface area (Å²) in [6.45, 7) is 7.87. The second kappa shape index (κ2) is 5.48. The third-order valence-corrected chi connectivity index (χ3v) is 3.24. The average Bonchev–Trinajstić information content (AvgIpc) is 2.37. The summed E-state index contributed by atoms with van der Waals surface area (Å²) in [5.41, 5.74) is 2.68. The van der Waals surface area contributed by atoms with Crippen molar-refractivity contribution < 1.29 is 9.53 Å². The Hall–Kier alpha value is -1.75. The summed E-state index contributed by atoms with van der Waals surface area (Å²) in [6.07, 6.45) is 4.87. The summed E-state index contributed by atoms with van der Waals surface area (Å²) in [5.74, 6) is -0.394. The topological polar surface area (TPSA) is 52.1 Å². The molecule has 0 fully saturated rings. The quantitative estimate of drug-likeness (QED) is 0.811. The van der Waals surface area contributed by atoms with Gasteiger partial charge in [0.2, 0.25) is 0 Å². The Bertz CT molecular complexity index is 668. The highest BCUT2D eigenvalue weighted by atomic mass is 79.9. The fraction of sp³-hybridized carbons (Fsp3) is 0.214. The molecule has 98 valence electrons. The van der Waals surface area contributed by atoms with E-state index in [1.807, 2.05) is 6.92 Å². The van der Waals surface area contributed by atoms with E-state index in [1.165, 1.54) is 6.20 Å². The smallest absolute Gasteiger partial charge is 0.340 e. The maximum atomic E-state index is 12.0. The molecule has 2 aromatic heterocycles. The highest BCUT2D eigenvalue weighted by Gasteiger charge is 2.18. The Balaban J connectivity index is 2.76. The van der Waals surface area contributed by atoms with Crippen molar-refractivity contribution in [1.82, 2.24) is 9.97 Å². The molecule has 5 heteroatoms. The van der Waals surface area contributed by atoms with E-state index in [-0.39, 0.29) is 0 Å². The minimum absolute atomic E-state index is 0.323. The fourth-order valence-corrected chi connectivity index (χ4v) is 2.34. The molecule has 0 spiro atoms. The molecule has 0 radical (unpaired) electrons. The largest absolute Gasteiger partial charge is 0.462 e. The van der Waals surface area contributed by atoms with E-state index in [9.17, 15) is 4.79 Å². The number of halogens is 1. The van der Waals surface area contributed by atoms with Crippen LogP contribution in [0.15, 0.2) is 29.6 Å². The first-order chi connectivity index (χ1) is 9.06. The molecule has 0 N–H and O–H groups in total. The molecule has 0 bridgehead atoms. The molecule has 2 aromatic rings. The number of aromatic nitrogens is 2. The van der Waals surface area contributed by atoms with E-state index in [0.29, 0.717) is 12.2 Å². The second-order valence-corrected chi connectivity index (χ2v) is 4.92. The van der Waals surface area contributed by atoms with Gasteiger partial charge in [-0.2, -0.15) is 0 Å². The van der Waals surface area contributed by atoms with Gasteiger partial charge in [0.1, 0.15) is 0 Å². The number of fused-ring (bicyclic) bond motifs is 1. The number of pyridine rings is 2. The zero-order chi connectivity index (χ0) is 14.0. The average molecular weight is 321 g/mol. The Labute approximate surface area is 119 Å². The standard InChI is InChI=1S/C14H13BrN2O2/c1-4-19-14(18)10-6-17-13-9(12(10)8(2)3)5-16-7-11(13)15/h5-7H,2,4H2,1,3H3. The number of ether oxygens (including phenoxy) is 1. The third kappa shape index (κ3) is 2.51. The first kappa shape index (κ1) is 13.7. The van der Waals surface area contributed by atoms with Crippen LogP contribution in [-0.4, -0.2) is 22.5 Å². The molecule has 0 aliphatic rings. The lowest BCUT2D eigenvalue weighted by Crippen LogP contribution is -2.09. The van der Waals surface area contributed by atoms with Crippen molar-refractivity contribution >= 4 is 38.4 Å². The van der Waals surface area contributed by atoms with Crippen molar-refractivity contribution in [2.24, 2.45) is 0 Å². The Kier molecular flexibility index (Phi) is 3.95. The predicted molar refractivity (Wildman–Crippen MR) is 77.9 cm³/mol. The van der Waals surface area contributed by atoms with Gasteiger partial charge in [0, 0.05) is 29.5 Å². The first-order valence-electron chi connectivity index (χ1n) is 5.81. The number of carbonyl (C=O) groups excluding carboxylic acids is 1. The van der Waals surface area contributed by atoms with Crippen LogP contribution in [0, 0.1) is 0 Å². The summed E-state index contributed by atoms with van der Waals surface area (Å²) in [4.78, 5) is 20.4. The van der Waals surface area contributed by atoms with E-state index in [2.05, 4.69) is 32.5 Å². The molecule has 4 nitrogen and oxygen atoms in total. The molecule has 0 saturated carbocycles. The van der Waals surface area contributed by atoms with Crippen LogP contribution in [0.4, 0.5) is 0 Å². The molecule has 0 aromatic carbocycles. The van der Waals surface area contributed by atoms with E-state index in [4.69, 9.17) is 4.74 Å². The number of rotatable bonds is 3. The zero-order valence-corrected chi connectivity index (χ0v) is 12.3.